The molecule has 0 radical (unpaired) electrons. The maximum absolute atomic E-state index is 11.9. The minimum Gasteiger partial charge on any atom is -0.469 e. The molecule has 0 bridgehead atoms. The lowest BCUT2D eigenvalue weighted by molar-refractivity contribution is -0.141. The van der Waals surface area contributed by atoms with Crippen molar-refractivity contribution in [3.8, 4) is 0 Å². The average Bonchev–Trinajstić information content (AvgIpc) is 2.44. The molecule has 1 rings (SSSR count). The van der Waals surface area contributed by atoms with E-state index in [0.717, 1.165) is 5.69 Å². The van der Waals surface area contributed by atoms with Crippen LogP contribution in [0.2, 0.25) is 0 Å². The van der Waals surface area contributed by atoms with Crippen LogP contribution in [0.15, 0.2) is 18.3 Å². The van der Waals surface area contributed by atoms with Gasteiger partial charge >= 0.3 is 12.1 Å². The molecule has 0 saturated carbocycles. The van der Waals surface area contributed by atoms with Crippen molar-refractivity contribution >= 4 is 17.7 Å². The topological polar surface area (TPSA) is 104 Å². The van der Waals surface area contributed by atoms with Crippen molar-refractivity contribution in [2.45, 2.75) is 51.7 Å². The average molecular weight is 323 g/mol. The van der Waals surface area contributed by atoms with Gasteiger partial charge in [-0.1, -0.05) is 0 Å². The minimum atomic E-state index is -0.599. The maximum atomic E-state index is 11.9. The first-order valence-corrected chi connectivity index (χ1v) is 7.46. The van der Waals surface area contributed by atoms with Gasteiger partial charge in [0.25, 0.3) is 0 Å². The highest BCUT2D eigenvalue weighted by molar-refractivity contribution is 5.72. The van der Waals surface area contributed by atoms with Crippen molar-refractivity contribution in [2.24, 2.45) is 0 Å². The van der Waals surface area contributed by atoms with Crippen LogP contribution in [-0.2, 0) is 20.7 Å². The van der Waals surface area contributed by atoms with Crippen LogP contribution in [-0.4, -0.2) is 35.8 Å². The number of carbonyl (C=O) groups is 2. The molecule has 1 amide bonds. The number of amides is 1. The van der Waals surface area contributed by atoms with Crippen molar-refractivity contribution in [3.05, 3.63) is 24.0 Å². The maximum Gasteiger partial charge on any atom is 0.407 e. The number of carbonyl (C=O) groups excluding carboxylic acids is 2. The standard InChI is InChI=1S/C16H25N3O4/c1-16(2,3)23-15(21)19-13(9-14(20)22-4)8-7-12-6-5-11(17)10-18-12/h5-6,10,13H,7-9,17H2,1-4H3,(H,19,21)/t13-/m0/s1. The fourth-order valence-electron chi connectivity index (χ4n) is 1.89. The van der Waals surface area contributed by atoms with Gasteiger partial charge in [0.05, 0.1) is 25.4 Å². The molecule has 128 valence electrons. The van der Waals surface area contributed by atoms with Gasteiger partial charge in [-0.25, -0.2) is 4.79 Å². The molecule has 0 unspecified atom stereocenters. The zero-order valence-corrected chi connectivity index (χ0v) is 14.1. The summed E-state index contributed by atoms with van der Waals surface area (Å²) >= 11 is 0. The zero-order chi connectivity index (χ0) is 17.5. The van der Waals surface area contributed by atoms with Crippen molar-refractivity contribution in [2.75, 3.05) is 12.8 Å². The molecule has 0 aliphatic carbocycles. The molecule has 1 heterocycles. The Morgan fingerprint density at radius 2 is 2.04 bits per heavy atom. The minimum absolute atomic E-state index is 0.0741. The summed E-state index contributed by atoms with van der Waals surface area (Å²) in [4.78, 5) is 27.6. The number of methoxy groups -OCH3 is 1. The number of pyridine rings is 1. The lowest BCUT2D eigenvalue weighted by atomic mass is 10.1. The van der Waals surface area contributed by atoms with Gasteiger partial charge in [-0.2, -0.15) is 0 Å². The van der Waals surface area contributed by atoms with E-state index >= 15 is 0 Å². The molecular weight excluding hydrogens is 298 g/mol. The highest BCUT2D eigenvalue weighted by Gasteiger charge is 2.21. The van der Waals surface area contributed by atoms with Gasteiger partial charge in [-0.15, -0.1) is 0 Å². The van der Waals surface area contributed by atoms with Crippen LogP contribution < -0.4 is 11.1 Å². The van der Waals surface area contributed by atoms with Crippen molar-refractivity contribution in [1.29, 1.82) is 0 Å². The number of aromatic nitrogens is 1. The number of hydrogen-bond acceptors (Lipinski definition) is 6. The van der Waals surface area contributed by atoms with E-state index in [4.69, 9.17) is 10.5 Å². The number of nitrogens with two attached hydrogens (primary N) is 1. The molecule has 0 aromatic carbocycles. The number of aryl methyl sites for hydroxylation is 1. The molecule has 7 heteroatoms. The number of esters is 1. The summed E-state index contributed by atoms with van der Waals surface area (Å²) in [7, 11) is 1.31. The highest BCUT2D eigenvalue weighted by atomic mass is 16.6. The molecule has 23 heavy (non-hydrogen) atoms. The normalized spacial score (nSPS) is 12.3. The van der Waals surface area contributed by atoms with Crippen LogP contribution in [0.3, 0.4) is 0 Å². The molecule has 7 nitrogen and oxygen atoms in total. The first kappa shape index (κ1) is 18.7. The molecule has 1 aromatic heterocycles. The summed E-state index contributed by atoms with van der Waals surface area (Å²) in [5, 5.41) is 2.71. The summed E-state index contributed by atoms with van der Waals surface area (Å²) in [6, 6.07) is 3.19. The number of hydrogen-bond donors (Lipinski definition) is 2. The Labute approximate surface area is 136 Å². The monoisotopic (exact) mass is 323 g/mol. The Bertz CT molecular complexity index is 523. The molecule has 0 fully saturated rings. The second-order valence-electron chi connectivity index (χ2n) is 6.24. The lowest BCUT2D eigenvalue weighted by Gasteiger charge is -2.23. The highest BCUT2D eigenvalue weighted by Crippen LogP contribution is 2.11. The number of nitrogens with zero attached hydrogens (tertiary/aromatic N) is 1. The number of rotatable bonds is 6. The number of nitrogens with one attached hydrogen (secondary N) is 1. The van der Waals surface area contributed by atoms with Crippen LogP contribution >= 0.6 is 0 Å². The van der Waals surface area contributed by atoms with Crippen LogP contribution in [0.25, 0.3) is 0 Å². The Balaban J connectivity index is 2.62. The fraction of sp³-hybridized carbons (Fsp3) is 0.562. The third-order valence-corrected chi connectivity index (χ3v) is 2.96. The Morgan fingerprint density at radius 1 is 1.35 bits per heavy atom. The second kappa shape index (κ2) is 8.36. The Morgan fingerprint density at radius 3 is 2.57 bits per heavy atom. The van der Waals surface area contributed by atoms with E-state index in [0.29, 0.717) is 18.5 Å². The fourth-order valence-corrected chi connectivity index (χ4v) is 1.89. The molecule has 0 spiro atoms. The Hall–Kier alpha value is -2.31. The second-order valence-corrected chi connectivity index (χ2v) is 6.24. The summed E-state index contributed by atoms with van der Waals surface area (Å²) in [5.74, 6) is -0.392. The SMILES string of the molecule is COC(=O)C[C@H](CCc1ccc(N)cn1)NC(=O)OC(C)(C)C. The van der Waals surface area contributed by atoms with Crippen LogP contribution in [0.4, 0.5) is 10.5 Å². The van der Waals surface area contributed by atoms with Gasteiger partial charge < -0.3 is 20.5 Å². The van der Waals surface area contributed by atoms with Gasteiger partial charge in [0, 0.05) is 11.7 Å². The molecule has 0 aliphatic heterocycles. The van der Waals surface area contributed by atoms with E-state index in [1.807, 2.05) is 6.07 Å². The van der Waals surface area contributed by atoms with Gasteiger partial charge in [0.1, 0.15) is 5.60 Å². The summed E-state index contributed by atoms with van der Waals surface area (Å²) in [6.07, 6.45) is 2.22. The van der Waals surface area contributed by atoms with Gasteiger partial charge in [-0.05, 0) is 45.7 Å². The quantitative estimate of drug-likeness (QED) is 0.777. The first-order chi connectivity index (χ1) is 10.7. The molecule has 3 N–H and O–H groups in total. The number of ether oxygens (including phenoxy) is 2. The van der Waals surface area contributed by atoms with E-state index in [1.165, 1.54) is 7.11 Å². The third kappa shape index (κ3) is 8.04. The van der Waals surface area contributed by atoms with E-state index < -0.39 is 23.7 Å². The van der Waals surface area contributed by atoms with Gasteiger partial charge in [-0.3, -0.25) is 9.78 Å². The summed E-state index contributed by atoms with van der Waals surface area (Å²) in [6.45, 7) is 5.33. The van der Waals surface area contributed by atoms with Crippen molar-refractivity contribution in [3.63, 3.8) is 0 Å². The van der Waals surface area contributed by atoms with Gasteiger partial charge in [0.2, 0.25) is 0 Å². The van der Waals surface area contributed by atoms with E-state index in [1.54, 1.807) is 33.0 Å². The van der Waals surface area contributed by atoms with Crippen LogP contribution in [0.1, 0.15) is 39.3 Å². The van der Waals surface area contributed by atoms with E-state index in [9.17, 15) is 9.59 Å². The third-order valence-electron chi connectivity index (χ3n) is 2.96. The van der Waals surface area contributed by atoms with Crippen LogP contribution in [0.5, 0.6) is 0 Å². The number of nitrogen functional groups attached to an aromatic ring is 1. The van der Waals surface area contributed by atoms with E-state index in [-0.39, 0.29) is 6.42 Å². The Kier molecular flexibility index (Phi) is 6.81. The largest absolute Gasteiger partial charge is 0.469 e. The summed E-state index contributed by atoms with van der Waals surface area (Å²) in [5.41, 5.74) is 6.42. The first-order valence-electron chi connectivity index (χ1n) is 7.46. The smallest absolute Gasteiger partial charge is 0.407 e. The van der Waals surface area contributed by atoms with Crippen molar-refractivity contribution in [1.82, 2.24) is 10.3 Å². The predicted octanol–water partition coefficient (Wildman–Crippen LogP) is 2.05. The number of alkyl carbamates (subject to hydrolysis) is 1. The summed E-state index contributed by atoms with van der Waals surface area (Å²) < 4.78 is 9.88. The number of anilines is 1. The lowest BCUT2D eigenvalue weighted by Crippen LogP contribution is -2.40. The molecular formula is C16H25N3O4. The van der Waals surface area contributed by atoms with E-state index in [2.05, 4.69) is 15.0 Å². The molecule has 1 atom stereocenters. The van der Waals surface area contributed by atoms with Gasteiger partial charge in [0.15, 0.2) is 0 Å². The molecule has 0 aliphatic rings. The molecule has 1 aromatic rings. The predicted molar refractivity (Wildman–Crippen MR) is 86.8 cm³/mol. The molecule has 0 saturated heterocycles. The van der Waals surface area contributed by atoms with Crippen molar-refractivity contribution < 1.29 is 19.1 Å². The van der Waals surface area contributed by atoms with Crippen LogP contribution in [0, 0.1) is 0 Å². The zero-order valence-electron chi connectivity index (χ0n) is 14.1.